The van der Waals surface area contributed by atoms with Crippen LogP contribution in [0.4, 0.5) is 22.7 Å². The van der Waals surface area contributed by atoms with Crippen LogP contribution in [0.5, 0.6) is 5.75 Å². The molecular weight excluding hydrogens is 691 g/mol. The van der Waals surface area contributed by atoms with Crippen LogP contribution >= 0.6 is 0 Å². The lowest BCUT2D eigenvalue weighted by Crippen LogP contribution is -2.22. The zero-order valence-corrected chi connectivity index (χ0v) is 32.3. The van der Waals surface area contributed by atoms with Gasteiger partial charge in [-0.3, -0.25) is 4.55 Å². The van der Waals surface area contributed by atoms with Crippen LogP contribution < -0.4 is 19.9 Å². The Balaban J connectivity index is 1.28. The number of hydrogen-bond acceptors (Lipinski definition) is 6. The molecule has 7 nitrogen and oxygen atoms in total. The summed E-state index contributed by atoms with van der Waals surface area (Å²) in [5.41, 5.74) is 11.1. The number of rotatable bonds is 16. The van der Waals surface area contributed by atoms with Crippen LogP contribution in [0, 0.1) is 6.92 Å². The molecule has 1 unspecified atom stereocenters. The number of benzene rings is 6. The highest BCUT2D eigenvalue weighted by molar-refractivity contribution is 7.85. The first-order valence-corrected chi connectivity index (χ1v) is 20.0. The maximum Gasteiger partial charge on any atom is 0.294 e. The number of nitrogens with zero attached hydrogens (tertiary/aromatic N) is 2. The number of nitrogens with one attached hydrogen (secondary N) is 1. The van der Waals surface area contributed by atoms with Crippen LogP contribution in [-0.2, 0) is 23.2 Å². The molecule has 1 atom stereocenters. The fraction of sp³-hybridized carbons (Fsp3) is 0.217. The normalized spacial score (nSPS) is 11.9. The van der Waals surface area contributed by atoms with Crippen molar-refractivity contribution in [2.45, 2.75) is 51.6 Å². The molecule has 54 heavy (non-hydrogen) atoms. The van der Waals surface area contributed by atoms with Crippen molar-refractivity contribution >= 4 is 32.9 Å². The minimum atomic E-state index is -4.28. The lowest BCUT2D eigenvalue weighted by atomic mass is 9.85. The van der Waals surface area contributed by atoms with Crippen molar-refractivity contribution in [2.75, 3.05) is 34.8 Å². The van der Waals surface area contributed by atoms with E-state index in [2.05, 4.69) is 133 Å². The maximum atomic E-state index is 11.8. The summed E-state index contributed by atoms with van der Waals surface area (Å²) in [6.45, 7) is 12.0. The predicted octanol–water partition coefficient (Wildman–Crippen LogP) is 10.6. The van der Waals surface area contributed by atoms with Gasteiger partial charge in [-0.15, -0.1) is 0 Å². The zero-order valence-electron chi connectivity index (χ0n) is 31.4. The van der Waals surface area contributed by atoms with E-state index in [1.54, 1.807) is 6.07 Å². The summed E-state index contributed by atoms with van der Waals surface area (Å²) in [4.78, 5) is 4.48. The minimum Gasteiger partial charge on any atom is -0.494 e. The molecule has 278 valence electrons. The van der Waals surface area contributed by atoms with Gasteiger partial charge in [-0.1, -0.05) is 78.4 Å². The van der Waals surface area contributed by atoms with Gasteiger partial charge in [0.2, 0.25) is 0 Å². The van der Waals surface area contributed by atoms with Crippen LogP contribution in [0.25, 0.3) is 0 Å². The van der Waals surface area contributed by atoms with Crippen molar-refractivity contribution in [3.8, 4) is 5.75 Å². The fourth-order valence-corrected chi connectivity index (χ4v) is 7.44. The molecule has 0 amide bonds. The van der Waals surface area contributed by atoms with Gasteiger partial charge in [-0.05, 0) is 128 Å². The molecule has 6 aromatic rings. The average molecular weight is 740 g/mol. The Bertz CT molecular complexity index is 2220. The second-order valence-electron chi connectivity index (χ2n) is 13.5. The molecule has 0 aromatic heterocycles. The van der Waals surface area contributed by atoms with E-state index in [4.69, 9.17) is 4.74 Å². The van der Waals surface area contributed by atoms with Gasteiger partial charge in [-0.25, -0.2) is 0 Å². The van der Waals surface area contributed by atoms with Gasteiger partial charge in [0.1, 0.15) is 5.75 Å². The molecule has 0 spiro atoms. The van der Waals surface area contributed by atoms with Crippen molar-refractivity contribution in [1.82, 2.24) is 0 Å². The second-order valence-corrected chi connectivity index (χ2v) is 14.9. The molecule has 8 heteroatoms. The average Bonchev–Trinajstić information content (AvgIpc) is 3.18. The molecule has 0 fully saturated rings. The Labute approximate surface area is 320 Å². The molecule has 2 N–H and O–H groups in total. The third-order valence-corrected chi connectivity index (χ3v) is 10.5. The molecular formula is C46H49N3O4S. The maximum absolute atomic E-state index is 11.8. The summed E-state index contributed by atoms with van der Waals surface area (Å²) in [6, 6.07) is 49.4. The number of ether oxygens (including phenoxy) is 1. The quantitative estimate of drug-likeness (QED) is 0.0755. The van der Waals surface area contributed by atoms with Gasteiger partial charge < -0.3 is 19.9 Å². The Kier molecular flexibility index (Phi) is 12.4. The Morgan fingerprint density at radius 1 is 0.611 bits per heavy atom. The lowest BCUT2D eigenvalue weighted by molar-refractivity contribution is 0.340. The minimum absolute atomic E-state index is 0.0130. The first-order valence-electron chi connectivity index (χ1n) is 18.5. The Morgan fingerprint density at radius 2 is 1.07 bits per heavy atom. The SMILES string of the molecule is CCOc1ccc(Nc2ccc(C(c3ccc(N(CC)Cc4cccc(C)c4)cc3)c3ccc(N(CC)Cc4cccc(S(=O)(=O)O)c4)cc3)cc2)cc1. The van der Waals surface area contributed by atoms with E-state index in [9.17, 15) is 13.0 Å². The predicted molar refractivity (Wildman–Crippen MR) is 222 cm³/mol. The van der Waals surface area contributed by atoms with Crippen molar-refractivity contribution < 1.29 is 17.7 Å². The number of hydrogen-bond donors (Lipinski definition) is 2. The molecule has 0 saturated heterocycles. The van der Waals surface area contributed by atoms with Crippen molar-refractivity contribution in [1.29, 1.82) is 0 Å². The van der Waals surface area contributed by atoms with E-state index in [1.165, 1.54) is 40.1 Å². The molecule has 0 aliphatic rings. The van der Waals surface area contributed by atoms with Gasteiger partial charge in [0.25, 0.3) is 10.1 Å². The standard InChI is InChI=1S/C46H49N3O4S/c1-5-48(32-35-11-8-10-34(4)30-35)42-24-16-38(17-25-42)46(37-14-20-40(21-15-37)47-41-22-28-44(29-23-41)53-7-3)39-18-26-43(27-19-39)49(6-2)33-36-12-9-13-45(31-36)54(50,51)52/h8-31,46-47H,5-7,32-33H2,1-4H3,(H,50,51,52). The monoisotopic (exact) mass is 739 g/mol. The van der Waals surface area contributed by atoms with Crippen LogP contribution in [0.2, 0.25) is 0 Å². The molecule has 0 bridgehead atoms. The molecule has 0 aliphatic heterocycles. The topological polar surface area (TPSA) is 82.1 Å². The van der Waals surface area contributed by atoms with Crippen molar-refractivity contribution in [3.05, 3.63) is 179 Å². The smallest absolute Gasteiger partial charge is 0.294 e. The fourth-order valence-electron chi connectivity index (χ4n) is 6.89. The van der Waals surface area contributed by atoms with Gasteiger partial charge in [0, 0.05) is 54.8 Å². The van der Waals surface area contributed by atoms with Gasteiger partial charge in [-0.2, -0.15) is 8.42 Å². The van der Waals surface area contributed by atoms with E-state index >= 15 is 0 Å². The molecule has 6 rings (SSSR count). The third-order valence-electron chi connectivity index (χ3n) is 9.67. The molecule has 0 saturated carbocycles. The Hall–Kier alpha value is -5.57. The van der Waals surface area contributed by atoms with Gasteiger partial charge in [0.05, 0.1) is 11.5 Å². The third kappa shape index (κ3) is 9.69. The molecule has 6 aromatic carbocycles. The van der Waals surface area contributed by atoms with Gasteiger partial charge in [0.15, 0.2) is 0 Å². The summed E-state index contributed by atoms with van der Waals surface area (Å²) >= 11 is 0. The van der Waals surface area contributed by atoms with E-state index < -0.39 is 10.1 Å². The van der Waals surface area contributed by atoms with E-state index in [0.29, 0.717) is 13.2 Å². The zero-order chi connectivity index (χ0) is 38.1. The summed E-state index contributed by atoms with van der Waals surface area (Å²) < 4.78 is 38.7. The van der Waals surface area contributed by atoms with Crippen LogP contribution in [0.3, 0.4) is 0 Å². The number of anilines is 4. The number of aryl methyl sites for hydroxylation is 1. The van der Waals surface area contributed by atoms with Crippen LogP contribution in [0.1, 0.15) is 60.1 Å². The molecule has 0 radical (unpaired) electrons. The summed E-state index contributed by atoms with van der Waals surface area (Å²) in [5, 5.41) is 3.51. The van der Waals surface area contributed by atoms with Gasteiger partial charge >= 0.3 is 0 Å². The summed E-state index contributed by atoms with van der Waals surface area (Å²) in [7, 11) is -4.28. The van der Waals surface area contributed by atoms with Crippen LogP contribution in [0.15, 0.2) is 150 Å². The van der Waals surface area contributed by atoms with Crippen LogP contribution in [-0.4, -0.2) is 32.7 Å². The highest BCUT2D eigenvalue weighted by Gasteiger charge is 2.19. The molecule has 0 aliphatic carbocycles. The first kappa shape index (κ1) is 38.2. The van der Waals surface area contributed by atoms with Crippen molar-refractivity contribution in [2.24, 2.45) is 0 Å². The van der Waals surface area contributed by atoms with Crippen molar-refractivity contribution in [3.63, 3.8) is 0 Å². The summed E-state index contributed by atoms with van der Waals surface area (Å²) in [6.07, 6.45) is 0. The Morgan fingerprint density at radius 3 is 1.54 bits per heavy atom. The lowest BCUT2D eigenvalue weighted by Gasteiger charge is -2.26. The van der Waals surface area contributed by atoms with E-state index in [0.717, 1.165) is 53.6 Å². The second kappa shape index (κ2) is 17.5. The highest BCUT2D eigenvalue weighted by Crippen LogP contribution is 2.35. The highest BCUT2D eigenvalue weighted by atomic mass is 32.2. The van der Waals surface area contributed by atoms with E-state index in [-0.39, 0.29) is 10.8 Å². The largest absolute Gasteiger partial charge is 0.494 e. The molecule has 0 heterocycles. The first-order chi connectivity index (χ1) is 26.1. The van der Waals surface area contributed by atoms with E-state index in [1.807, 2.05) is 37.3 Å². The summed E-state index contributed by atoms with van der Waals surface area (Å²) in [5.74, 6) is 0.838.